The molecule has 0 atom stereocenters. The third kappa shape index (κ3) is 4.81. The minimum Gasteiger partial charge on any atom is -0.493 e. The fraction of sp³-hybridized carbons (Fsp3) is 0.0870. The maximum Gasteiger partial charge on any atom is 0.343 e. The molecule has 3 aromatic rings. The van der Waals surface area contributed by atoms with Crippen molar-refractivity contribution in [1.29, 1.82) is 0 Å². The Balaban J connectivity index is 1.41. The number of hydrazone groups is 1. The summed E-state index contributed by atoms with van der Waals surface area (Å²) in [5, 5.41) is 4.48. The van der Waals surface area contributed by atoms with Crippen LogP contribution in [0.1, 0.15) is 26.3 Å². The van der Waals surface area contributed by atoms with Crippen LogP contribution in [0, 0.1) is 0 Å². The van der Waals surface area contributed by atoms with Crippen molar-refractivity contribution < 1.29 is 28.5 Å². The van der Waals surface area contributed by atoms with Crippen molar-refractivity contribution in [2.24, 2.45) is 5.10 Å². The Kier molecular flexibility index (Phi) is 6.23. The van der Waals surface area contributed by atoms with Gasteiger partial charge in [-0.2, -0.15) is 5.10 Å². The molecule has 3 aromatic carbocycles. The van der Waals surface area contributed by atoms with Gasteiger partial charge >= 0.3 is 5.97 Å². The summed E-state index contributed by atoms with van der Waals surface area (Å²) in [5.41, 5.74) is 3.81. The van der Waals surface area contributed by atoms with Crippen LogP contribution >= 0.6 is 11.6 Å². The summed E-state index contributed by atoms with van der Waals surface area (Å²) >= 11 is 5.84. The molecule has 0 saturated heterocycles. The van der Waals surface area contributed by atoms with Crippen LogP contribution in [0.4, 0.5) is 0 Å². The van der Waals surface area contributed by atoms with E-state index in [4.69, 9.17) is 30.5 Å². The van der Waals surface area contributed by atoms with E-state index in [1.54, 1.807) is 60.7 Å². The summed E-state index contributed by atoms with van der Waals surface area (Å²) in [6.07, 6.45) is 1.44. The Morgan fingerprint density at radius 3 is 2.50 bits per heavy atom. The number of benzene rings is 3. The number of halogens is 1. The van der Waals surface area contributed by atoms with Crippen LogP contribution in [-0.4, -0.2) is 32.0 Å². The Morgan fingerprint density at radius 1 is 0.969 bits per heavy atom. The van der Waals surface area contributed by atoms with E-state index in [0.717, 1.165) is 0 Å². The van der Waals surface area contributed by atoms with Gasteiger partial charge in [0.2, 0.25) is 6.79 Å². The summed E-state index contributed by atoms with van der Waals surface area (Å²) in [7, 11) is 1.46. The molecule has 9 heteroatoms. The molecular weight excluding hydrogens is 436 g/mol. The second-order valence-electron chi connectivity index (χ2n) is 6.57. The van der Waals surface area contributed by atoms with E-state index in [9.17, 15) is 9.59 Å². The van der Waals surface area contributed by atoms with Crippen molar-refractivity contribution in [3.05, 3.63) is 82.4 Å². The van der Waals surface area contributed by atoms with E-state index >= 15 is 0 Å². The quantitative estimate of drug-likeness (QED) is 0.262. The van der Waals surface area contributed by atoms with Gasteiger partial charge in [0.05, 0.1) is 18.9 Å². The van der Waals surface area contributed by atoms with Gasteiger partial charge in [-0.15, -0.1) is 0 Å². The monoisotopic (exact) mass is 452 g/mol. The molecule has 8 nitrogen and oxygen atoms in total. The van der Waals surface area contributed by atoms with Gasteiger partial charge in [0.25, 0.3) is 5.91 Å². The highest BCUT2D eigenvalue weighted by Crippen LogP contribution is 2.32. The highest BCUT2D eigenvalue weighted by atomic mass is 35.5. The summed E-state index contributed by atoms with van der Waals surface area (Å²) < 4.78 is 21.2. The first-order valence-electron chi connectivity index (χ1n) is 9.42. The minimum atomic E-state index is -0.544. The molecule has 32 heavy (non-hydrogen) atoms. The van der Waals surface area contributed by atoms with Crippen LogP contribution in [0.15, 0.2) is 65.8 Å². The fourth-order valence-corrected chi connectivity index (χ4v) is 2.99. The second kappa shape index (κ2) is 9.40. The van der Waals surface area contributed by atoms with Gasteiger partial charge in [-0.3, -0.25) is 4.79 Å². The first-order chi connectivity index (χ1) is 15.5. The number of hydrogen-bond donors (Lipinski definition) is 1. The number of rotatable bonds is 6. The van der Waals surface area contributed by atoms with E-state index in [-0.39, 0.29) is 12.5 Å². The van der Waals surface area contributed by atoms with Crippen molar-refractivity contribution in [3.8, 4) is 23.0 Å². The van der Waals surface area contributed by atoms with Crippen LogP contribution in [-0.2, 0) is 0 Å². The standard InChI is InChI=1S/C23H17ClN2O6/c1-29-20-10-14(2-8-19(20)32-23(28)15-3-6-17(24)7-4-15)12-25-26-22(27)16-5-9-18-21(11-16)31-13-30-18/h2-12H,13H2,1H3,(H,26,27)/b25-12+. The predicted octanol–water partition coefficient (Wildman–Crippen LogP) is 4.06. The topological polar surface area (TPSA) is 95.5 Å². The molecule has 0 spiro atoms. The molecule has 1 aliphatic rings. The summed E-state index contributed by atoms with van der Waals surface area (Å²) in [4.78, 5) is 24.6. The average Bonchev–Trinajstić information content (AvgIpc) is 3.28. The van der Waals surface area contributed by atoms with E-state index in [0.29, 0.717) is 39.0 Å². The fourth-order valence-electron chi connectivity index (χ4n) is 2.86. The van der Waals surface area contributed by atoms with E-state index in [1.807, 2.05) is 0 Å². The molecule has 0 radical (unpaired) electrons. The van der Waals surface area contributed by atoms with Crippen LogP contribution in [0.2, 0.25) is 5.02 Å². The van der Waals surface area contributed by atoms with Gasteiger partial charge in [0.15, 0.2) is 23.0 Å². The number of fused-ring (bicyclic) bond motifs is 1. The Hall–Kier alpha value is -4.04. The molecule has 0 saturated carbocycles. The molecule has 1 amide bonds. The number of nitrogens with one attached hydrogen (secondary N) is 1. The molecule has 0 aromatic heterocycles. The molecule has 1 aliphatic heterocycles. The molecule has 0 unspecified atom stereocenters. The number of ether oxygens (including phenoxy) is 4. The molecular formula is C23H17ClN2O6. The van der Waals surface area contributed by atoms with Crippen molar-refractivity contribution in [1.82, 2.24) is 5.43 Å². The van der Waals surface area contributed by atoms with Gasteiger partial charge in [0, 0.05) is 10.6 Å². The zero-order valence-corrected chi connectivity index (χ0v) is 17.6. The molecule has 0 fully saturated rings. The first kappa shape index (κ1) is 21.2. The number of hydrogen-bond acceptors (Lipinski definition) is 7. The lowest BCUT2D eigenvalue weighted by molar-refractivity contribution is 0.0729. The van der Waals surface area contributed by atoms with E-state index in [1.165, 1.54) is 13.3 Å². The van der Waals surface area contributed by atoms with Gasteiger partial charge in [-0.05, 0) is 66.2 Å². The lowest BCUT2D eigenvalue weighted by atomic mass is 10.2. The zero-order valence-electron chi connectivity index (χ0n) is 16.8. The number of nitrogens with zero attached hydrogens (tertiary/aromatic N) is 1. The maximum atomic E-state index is 12.3. The summed E-state index contributed by atoms with van der Waals surface area (Å²) in [6, 6.07) is 16.1. The average molecular weight is 453 g/mol. The van der Waals surface area contributed by atoms with Gasteiger partial charge in [-0.25, -0.2) is 10.2 Å². The van der Waals surface area contributed by atoms with E-state index < -0.39 is 11.9 Å². The summed E-state index contributed by atoms with van der Waals surface area (Å²) in [5.74, 6) is 0.730. The molecule has 162 valence electrons. The number of carbonyl (C=O) groups excluding carboxylic acids is 2. The number of esters is 1. The van der Waals surface area contributed by atoms with Crippen LogP contribution in [0.5, 0.6) is 23.0 Å². The van der Waals surface area contributed by atoms with Crippen LogP contribution < -0.4 is 24.4 Å². The first-order valence-corrected chi connectivity index (χ1v) is 9.80. The molecule has 1 N–H and O–H groups in total. The van der Waals surface area contributed by atoms with Crippen LogP contribution in [0.25, 0.3) is 0 Å². The normalized spacial score (nSPS) is 11.9. The van der Waals surface area contributed by atoms with E-state index in [2.05, 4.69) is 10.5 Å². The Labute approximate surface area is 188 Å². The third-order valence-electron chi connectivity index (χ3n) is 4.48. The molecule has 0 aliphatic carbocycles. The van der Waals surface area contributed by atoms with Gasteiger partial charge < -0.3 is 18.9 Å². The minimum absolute atomic E-state index is 0.130. The Bertz CT molecular complexity index is 1190. The zero-order chi connectivity index (χ0) is 22.5. The third-order valence-corrected chi connectivity index (χ3v) is 4.74. The maximum absolute atomic E-state index is 12.3. The molecule has 1 heterocycles. The van der Waals surface area contributed by atoms with Gasteiger partial charge in [0.1, 0.15) is 0 Å². The van der Waals surface area contributed by atoms with Gasteiger partial charge in [-0.1, -0.05) is 11.6 Å². The van der Waals surface area contributed by atoms with Crippen molar-refractivity contribution in [3.63, 3.8) is 0 Å². The number of methoxy groups -OCH3 is 1. The lowest BCUT2D eigenvalue weighted by Crippen LogP contribution is -2.17. The highest BCUT2D eigenvalue weighted by Gasteiger charge is 2.16. The van der Waals surface area contributed by atoms with Crippen LogP contribution in [0.3, 0.4) is 0 Å². The van der Waals surface area contributed by atoms with Crippen molar-refractivity contribution in [2.75, 3.05) is 13.9 Å². The smallest absolute Gasteiger partial charge is 0.343 e. The van der Waals surface area contributed by atoms with Crippen molar-refractivity contribution in [2.45, 2.75) is 0 Å². The number of amides is 1. The highest BCUT2D eigenvalue weighted by molar-refractivity contribution is 6.30. The Morgan fingerprint density at radius 2 is 1.72 bits per heavy atom. The molecule has 4 rings (SSSR count). The second-order valence-corrected chi connectivity index (χ2v) is 7.01. The van der Waals surface area contributed by atoms with Crippen molar-refractivity contribution >= 4 is 29.7 Å². The number of carbonyl (C=O) groups is 2. The largest absolute Gasteiger partial charge is 0.493 e. The lowest BCUT2D eigenvalue weighted by Gasteiger charge is -2.10. The molecule has 0 bridgehead atoms. The SMILES string of the molecule is COc1cc(/C=N/NC(=O)c2ccc3c(c2)OCO3)ccc1OC(=O)c1ccc(Cl)cc1. The predicted molar refractivity (Wildman–Crippen MR) is 117 cm³/mol. The summed E-state index contributed by atoms with van der Waals surface area (Å²) in [6.45, 7) is 0.130.